The molecule has 0 aromatic rings. The normalized spacial score (nSPS) is 39.8. The van der Waals surface area contributed by atoms with Crippen LogP contribution in [0, 0.1) is 28.6 Å². The molecule has 1 saturated heterocycles. The molecule has 1 N–H and O–H groups in total. The molecular formula is C28H39NO7. The number of ketones is 1. The van der Waals surface area contributed by atoms with Crippen LogP contribution in [0.4, 0.5) is 0 Å². The molecule has 0 bridgehead atoms. The van der Waals surface area contributed by atoms with Crippen molar-refractivity contribution >= 4 is 23.6 Å². The third kappa shape index (κ3) is 4.44. The number of Topliss-reactive ketones (excluding diaryl/α,β-unsaturated/α-hetero) is 1. The highest BCUT2D eigenvalue weighted by molar-refractivity contribution is 6.01. The lowest BCUT2D eigenvalue weighted by Gasteiger charge is -2.58. The van der Waals surface area contributed by atoms with Crippen molar-refractivity contribution in [1.29, 1.82) is 0 Å². The van der Waals surface area contributed by atoms with Crippen LogP contribution in [0.3, 0.4) is 0 Å². The van der Waals surface area contributed by atoms with Gasteiger partial charge in [0, 0.05) is 19.3 Å². The van der Waals surface area contributed by atoms with Gasteiger partial charge in [-0.1, -0.05) is 25.5 Å². The summed E-state index contributed by atoms with van der Waals surface area (Å²) in [6, 6.07) is 0. The second kappa shape index (κ2) is 9.67. The van der Waals surface area contributed by atoms with E-state index in [9.17, 15) is 24.3 Å². The Morgan fingerprint density at radius 1 is 0.972 bits per heavy atom. The zero-order valence-electron chi connectivity index (χ0n) is 21.5. The van der Waals surface area contributed by atoms with Crippen molar-refractivity contribution in [3.63, 3.8) is 0 Å². The molecule has 8 nitrogen and oxygen atoms in total. The Morgan fingerprint density at radius 3 is 2.47 bits per heavy atom. The van der Waals surface area contributed by atoms with Crippen LogP contribution < -0.4 is 0 Å². The number of amides is 2. The first-order valence-electron chi connectivity index (χ1n) is 13.7. The summed E-state index contributed by atoms with van der Waals surface area (Å²) in [5, 5.41) is 11.2. The third-order valence-electron chi connectivity index (χ3n) is 10.3. The molecule has 5 aliphatic rings. The van der Waals surface area contributed by atoms with Crippen molar-refractivity contribution in [1.82, 2.24) is 5.06 Å². The number of imide groups is 1. The molecule has 2 amide bonds. The van der Waals surface area contributed by atoms with Crippen LogP contribution in [0.15, 0.2) is 11.6 Å². The molecule has 198 valence electrons. The highest BCUT2D eigenvalue weighted by atomic mass is 16.7. The van der Waals surface area contributed by atoms with E-state index < -0.39 is 17.8 Å². The largest absolute Gasteiger partial charge is 0.393 e. The topological polar surface area (TPSA) is 110 Å². The van der Waals surface area contributed by atoms with Crippen LogP contribution in [0.25, 0.3) is 0 Å². The number of hydrogen-bond acceptors (Lipinski definition) is 7. The van der Waals surface area contributed by atoms with E-state index in [0.29, 0.717) is 22.8 Å². The van der Waals surface area contributed by atoms with E-state index in [-0.39, 0.29) is 61.1 Å². The number of hydrogen-bond donors (Lipinski definition) is 1. The maximum absolute atomic E-state index is 12.3. The summed E-state index contributed by atoms with van der Waals surface area (Å²) in [5.74, 6) is -0.0539. The first-order chi connectivity index (χ1) is 17.1. The van der Waals surface area contributed by atoms with Gasteiger partial charge in [0.25, 0.3) is 11.8 Å². The molecule has 36 heavy (non-hydrogen) atoms. The Balaban J connectivity index is 1.11. The number of carbonyl (C=O) groups excluding carboxylic acids is 4. The minimum Gasteiger partial charge on any atom is -0.393 e. The van der Waals surface area contributed by atoms with Gasteiger partial charge in [0.05, 0.1) is 18.6 Å². The molecule has 7 atom stereocenters. The number of rotatable bonds is 7. The highest BCUT2D eigenvalue weighted by Crippen LogP contribution is 2.65. The Kier molecular flexibility index (Phi) is 6.87. The van der Waals surface area contributed by atoms with E-state index in [2.05, 4.69) is 19.9 Å². The van der Waals surface area contributed by atoms with Crippen molar-refractivity contribution < 1.29 is 33.9 Å². The quantitative estimate of drug-likeness (QED) is 0.419. The second-order valence-electron chi connectivity index (χ2n) is 12.1. The lowest BCUT2D eigenvalue weighted by atomic mass is 9.47. The van der Waals surface area contributed by atoms with Crippen LogP contribution in [0.2, 0.25) is 0 Å². The zero-order chi connectivity index (χ0) is 25.7. The molecule has 1 heterocycles. The fourth-order valence-corrected chi connectivity index (χ4v) is 8.12. The predicted octanol–water partition coefficient (Wildman–Crippen LogP) is 3.65. The zero-order valence-corrected chi connectivity index (χ0v) is 21.5. The van der Waals surface area contributed by atoms with Gasteiger partial charge < -0.3 is 14.7 Å². The Labute approximate surface area is 212 Å². The van der Waals surface area contributed by atoms with Crippen LogP contribution in [-0.4, -0.2) is 52.6 Å². The predicted molar refractivity (Wildman–Crippen MR) is 129 cm³/mol. The molecule has 4 aliphatic carbocycles. The fourth-order valence-electron chi connectivity index (χ4n) is 8.12. The van der Waals surface area contributed by atoms with Crippen LogP contribution in [0.1, 0.15) is 90.9 Å². The summed E-state index contributed by atoms with van der Waals surface area (Å²) in [4.78, 5) is 52.1. The SMILES string of the molecule is CC12CC[C@@H](OCC(=O)CCC(=O)ON3C(=O)CCC3=O)C=C1CCC1C2CCC2(C)C(O)CCC12. The first kappa shape index (κ1) is 25.6. The summed E-state index contributed by atoms with van der Waals surface area (Å²) in [7, 11) is 0. The van der Waals surface area contributed by atoms with E-state index in [1.807, 2.05) is 0 Å². The fraction of sp³-hybridized carbons (Fsp3) is 0.786. The van der Waals surface area contributed by atoms with Crippen molar-refractivity contribution in [3.05, 3.63) is 11.6 Å². The maximum Gasteiger partial charge on any atom is 0.333 e. The number of aliphatic hydroxyl groups is 1. The molecule has 3 saturated carbocycles. The number of carbonyl (C=O) groups is 4. The molecular weight excluding hydrogens is 462 g/mol. The number of allylic oxidation sites excluding steroid dienone is 1. The van der Waals surface area contributed by atoms with Gasteiger partial charge in [0.2, 0.25) is 0 Å². The van der Waals surface area contributed by atoms with Crippen molar-refractivity contribution in [3.8, 4) is 0 Å². The standard InChI is InChI=1S/C28H39NO7/c1-27-13-11-19(35-16-18(30)4-10-26(34)36-29-24(32)8-9-25(29)33)15-17(27)3-5-20-21-6-7-23(31)28(21,2)14-12-22(20)27/h15,19-23,31H,3-14,16H2,1-2H3/t19-,20?,21?,22?,23?,27?,28?/m1/s1. The number of aliphatic hydroxyl groups excluding tert-OH is 1. The lowest BCUT2D eigenvalue weighted by molar-refractivity contribution is -0.197. The van der Waals surface area contributed by atoms with E-state index in [0.717, 1.165) is 38.5 Å². The van der Waals surface area contributed by atoms with Gasteiger partial charge in [0.1, 0.15) is 6.61 Å². The smallest absolute Gasteiger partial charge is 0.333 e. The van der Waals surface area contributed by atoms with Gasteiger partial charge >= 0.3 is 5.97 Å². The molecule has 4 fully saturated rings. The van der Waals surface area contributed by atoms with Gasteiger partial charge in [-0.2, -0.15) is 0 Å². The minimum atomic E-state index is -0.766. The highest BCUT2D eigenvalue weighted by Gasteiger charge is 2.58. The van der Waals surface area contributed by atoms with E-state index in [4.69, 9.17) is 9.57 Å². The van der Waals surface area contributed by atoms with Crippen molar-refractivity contribution in [2.24, 2.45) is 28.6 Å². The van der Waals surface area contributed by atoms with Crippen LogP contribution in [0.5, 0.6) is 0 Å². The van der Waals surface area contributed by atoms with Gasteiger partial charge in [-0.25, -0.2) is 4.79 Å². The lowest BCUT2D eigenvalue weighted by Crippen LogP contribution is -2.51. The van der Waals surface area contributed by atoms with Gasteiger partial charge in [-0.05, 0) is 80.0 Å². The average Bonchev–Trinajstić information content (AvgIpc) is 3.34. The minimum absolute atomic E-state index is 0.0410. The molecule has 6 unspecified atom stereocenters. The van der Waals surface area contributed by atoms with Gasteiger partial charge in [-0.3, -0.25) is 14.4 Å². The molecule has 1 aliphatic heterocycles. The molecule has 0 aromatic carbocycles. The summed E-state index contributed by atoms with van der Waals surface area (Å²) >= 11 is 0. The first-order valence-corrected chi connectivity index (χ1v) is 13.7. The number of ether oxygens (including phenoxy) is 1. The maximum atomic E-state index is 12.3. The Morgan fingerprint density at radius 2 is 1.72 bits per heavy atom. The summed E-state index contributed by atoms with van der Waals surface area (Å²) in [6.07, 6.45) is 10.4. The van der Waals surface area contributed by atoms with Crippen molar-refractivity contribution in [2.75, 3.05) is 6.61 Å². The monoisotopic (exact) mass is 501 g/mol. The molecule has 0 aromatic heterocycles. The Bertz CT molecular complexity index is 959. The van der Waals surface area contributed by atoms with E-state index >= 15 is 0 Å². The van der Waals surface area contributed by atoms with Crippen LogP contribution >= 0.6 is 0 Å². The third-order valence-corrected chi connectivity index (χ3v) is 10.3. The van der Waals surface area contributed by atoms with Gasteiger partial charge in [0.15, 0.2) is 5.78 Å². The number of nitrogens with zero attached hydrogens (tertiary/aromatic N) is 1. The average molecular weight is 502 g/mol. The molecule has 0 spiro atoms. The summed E-state index contributed by atoms with van der Waals surface area (Å²) < 4.78 is 5.94. The Hall–Kier alpha value is -2.06. The van der Waals surface area contributed by atoms with Crippen LogP contribution in [-0.2, 0) is 28.8 Å². The molecule has 8 heteroatoms. The second-order valence-corrected chi connectivity index (χ2v) is 12.1. The van der Waals surface area contributed by atoms with Crippen molar-refractivity contribution in [2.45, 2.75) is 103 Å². The molecule has 5 rings (SSSR count). The van der Waals surface area contributed by atoms with E-state index in [1.165, 1.54) is 18.4 Å². The number of hydroxylamine groups is 2. The molecule has 0 radical (unpaired) electrons. The van der Waals surface area contributed by atoms with E-state index in [1.54, 1.807) is 0 Å². The number of fused-ring (bicyclic) bond motifs is 5. The summed E-state index contributed by atoms with van der Waals surface area (Å²) in [6.45, 7) is 4.67. The van der Waals surface area contributed by atoms with Gasteiger partial charge in [-0.15, -0.1) is 5.06 Å². The summed E-state index contributed by atoms with van der Waals surface area (Å²) in [5.41, 5.74) is 1.74.